The zero-order chi connectivity index (χ0) is 14.5. The number of nitrogens with one attached hydrogen (secondary N) is 3. The van der Waals surface area contributed by atoms with Crippen molar-refractivity contribution >= 4 is 17.3 Å². The lowest BCUT2D eigenvalue weighted by Gasteiger charge is -2.23. The van der Waals surface area contributed by atoms with Crippen molar-refractivity contribution in [3.8, 4) is 0 Å². The maximum atomic E-state index is 12.4. The normalized spacial score (nSPS) is 19.4. The third kappa shape index (κ3) is 3.69. The molecule has 0 spiro atoms. The van der Waals surface area contributed by atoms with Gasteiger partial charge in [0.15, 0.2) is 0 Å². The van der Waals surface area contributed by atoms with Crippen LogP contribution in [0.15, 0.2) is 18.2 Å². The topological polar surface area (TPSA) is 53.2 Å². The molecular weight excluding hydrogens is 262 g/mol. The Kier molecular flexibility index (Phi) is 4.63. The summed E-state index contributed by atoms with van der Waals surface area (Å²) in [7, 11) is 0. The van der Waals surface area contributed by atoms with Gasteiger partial charge in [0.05, 0.1) is 11.4 Å². The van der Waals surface area contributed by atoms with Crippen molar-refractivity contribution in [2.45, 2.75) is 51.0 Å². The van der Waals surface area contributed by atoms with E-state index in [1.807, 2.05) is 18.2 Å². The minimum atomic E-state index is 0.0655. The second-order valence-electron chi connectivity index (χ2n) is 6.13. The van der Waals surface area contributed by atoms with Gasteiger partial charge in [0.2, 0.25) is 0 Å². The Morgan fingerprint density at radius 2 is 1.62 bits per heavy atom. The summed E-state index contributed by atoms with van der Waals surface area (Å²) in [4.78, 5) is 12.4. The lowest BCUT2D eigenvalue weighted by Crippen LogP contribution is -2.35. The van der Waals surface area contributed by atoms with E-state index in [1.165, 1.54) is 32.1 Å². The van der Waals surface area contributed by atoms with Gasteiger partial charge in [-0.15, -0.1) is 0 Å². The lowest BCUT2D eigenvalue weighted by molar-refractivity contribution is 0.0930. The molecule has 0 saturated heterocycles. The van der Waals surface area contributed by atoms with Crippen LogP contribution in [0, 0.1) is 0 Å². The van der Waals surface area contributed by atoms with Crippen LogP contribution in [0.1, 0.15) is 55.3 Å². The molecule has 0 aromatic heterocycles. The molecule has 1 aromatic rings. The average molecular weight is 287 g/mol. The van der Waals surface area contributed by atoms with E-state index < -0.39 is 0 Å². The van der Waals surface area contributed by atoms with Crippen molar-refractivity contribution in [2.75, 3.05) is 23.7 Å². The molecule has 1 fully saturated rings. The number of benzene rings is 1. The third-order valence-electron chi connectivity index (χ3n) is 4.48. The van der Waals surface area contributed by atoms with E-state index in [2.05, 4.69) is 16.0 Å². The molecule has 1 saturated carbocycles. The summed E-state index contributed by atoms with van der Waals surface area (Å²) >= 11 is 0. The van der Waals surface area contributed by atoms with Gasteiger partial charge in [0, 0.05) is 24.7 Å². The highest BCUT2D eigenvalue weighted by Gasteiger charge is 2.16. The van der Waals surface area contributed by atoms with E-state index in [1.54, 1.807) is 0 Å². The first kappa shape index (κ1) is 14.2. The van der Waals surface area contributed by atoms with Crippen molar-refractivity contribution in [2.24, 2.45) is 0 Å². The zero-order valence-corrected chi connectivity index (χ0v) is 12.6. The first-order chi connectivity index (χ1) is 10.3. The Hall–Kier alpha value is -1.71. The predicted molar refractivity (Wildman–Crippen MR) is 87.0 cm³/mol. The maximum absolute atomic E-state index is 12.4. The summed E-state index contributed by atoms with van der Waals surface area (Å²) < 4.78 is 0. The number of amides is 1. The fourth-order valence-electron chi connectivity index (χ4n) is 3.25. The van der Waals surface area contributed by atoms with Crippen molar-refractivity contribution < 1.29 is 4.79 Å². The van der Waals surface area contributed by atoms with Crippen LogP contribution in [0.25, 0.3) is 0 Å². The van der Waals surface area contributed by atoms with Crippen LogP contribution in [-0.4, -0.2) is 25.0 Å². The molecule has 0 radical (unpaired) electrons. The van der Waals surface area contributed by atoms with Gasteiger partial charge >= 0.3 is 0 Å². The fourth-order valence-corrected chi connectivity index (χ4v) is 3.25. The lowest BCUT2D eigenvalue weighted by atomic mass is 9.96. The minimum Gasteiger partial charge on any atom is -0.382 e. The molecule has 4 heteroatoms. The summed E-state index contributed by atoms with van der Waals surface area (Å²) in [6, 6.07) is 6.21. The number of hydrogen-bond donors (Lipinski definition) is 3. The molecule has 0 atom stereocenters. The van der Waals surface area contributed by atoms with Crippen molar-refractivity contribution in [3.63, 3.8) is 0 Å². The molecule has 1 amide bonds. The van der Waals surface area contributed by atoms with E-state index in [0.717, 1.165) is 42.9 Å². The van der Waals surface area contributed by atoms with Gasteiger partial charge in [0.25, 0.3) is 5.91 Å². The highest BCUT2D eigenvalue weighted by molar-refractivity contribution is 5.96. The van der Waals surface area contributed by atoms with Crippen LogP contribution in [0.3, 0.4) is 0 Å². The van der Waals surface area contributed by atoms with E-state index >= 15 is 0 Å². The van der Waals surface area contributed by atoms with E-state index in [4.69, 9.17) is 0 Å². The molecule has 21 heavy (non-hydrogen) atoms. The Morgan fingerprint density at radius 1 is 0.952 bits per heavy atom. The molecule has 1 aliphatic carbocycles. The van der Waals surface area contributed by atoms with E-state index in [9.17, 15) is 4.79 Å². The Morgan fingerprint density at radius 3 is 2.38 bits per heavy atom. The molecule has 0 bridgehead atoms. The van der Waals surface area contributed by atoms with Crippen LogP contribution in [0.2, 0.25) is 0 Å². The molecule has 4 nitrogen and oxygen atoms in total. The zero-order valence-electron chi connectivity index (χ0n) is 12.6. The van der Waals surface area contributed by atoms with E-state index in [0.29, 0.717) is 6.04 Å². The van der Waals surface area contributed by atoms with Crippen molar-refractivity contribution in [1.29, 1.82) is 0 Å². The second-order valence-corrected chi connectivity index (χ2v) is 6.13. The van der Waals surface area contributed by atoms with Crippen LogP contribution >= 0.6 is 0 Å². The monoisotopic (exact) mass is 287 g/mol. The number of hydrogen-bond acceptors (Lipinski definition) is 3. The van der Waals surface area contributed by atoms with Gasteiger partial charge in [-0.1, -0.05) is 32.1 Å². The highest BCUT2D eigenvalue weighted by Crippen LogP contribution is 2.25. The van der Waals surface area contributed by atoms with Gasteiger partial charge in [-0.2, -0.15) is 0 Å². The summed E-state index contributed by atoms with van der Waals surface area (Å²) in [5.74, 6) is 0.0655. The summed E-state index contributed by atoms with van der Waals surface area (Å²) in [6.07, 6.45) is 8.68. The number of anilines is 2. The number of rotatable bonds is 2. The Labute approximate surface area is 126 Å². The highest BCUT2D eigenvalue weighted by atomic mass is 16.1. The predicted octanol–water partition coefficient (Wildman–Crippen LogP) is 3.37. The molecule has 3 rings (SSSR count). The molecule has 3 N–H and O–H groups in total. The molecule has 1 aromatic carbocycles. The number of carbonyl (C=O) groups excluding carboxylic acids is 1. The molecular formula is C17H25N3O. The van der Waals surface area contributed by atoms with Gasteiger partial charge in [0.1, 0.15) is 0 Å². The van der Waals surface area contributed by atoms with Crippen LogP contribution < -0.4 is 16.0 Å². The second kappa shape index (κ2) is 6.83. The smallest absolute Gasteiger partial charge is 0.251 e. The van der Waals surface area contributed by atoms with Crippen LogP contribution in [-0.2, 0) is 0 Å². The first-order valence-electron chi connectivity index (χ1n) is 8.25. The third-order valence-corrected chi connectivity index (χ3v) is 4.48. The van der Waals surface area contributed by atoms with Gasteiger partial charge in [-0.3, -0.25) is 4.79 Å². The molecule has 0 unspecified atom stereocenters. The molecule has 1 aliphatic heterocycles. The first-order valence-corrected chi connectivity index (χ1v) is 8.25. The van der Waals surface area contributed by atoms with Crippen molar-refractivity contribution in [3.05, 3.63) is 23.8 Å². The summed E-state index contributed by atoms with van der Waals surface area (Å²) in [5.41, 5.74) is 2.88. The minimum absolute atomic E-state index is 0.0655. The molecule has 2 aliphatic rings. The van der Waals surface area contributed by atoms with Crippen LogP contribution in [0.5, 0.6) is 0 Å². The van der Waals surface area contributed by atoms with Crippen molar-refractivity contribution in [1.82, 2.24) is 5.32 Å². The molecule has 114 valence electrons. The fraction of sp³-hybridized carbons (Fsp3) is 0.588. The quantitative estimate of drug-likeness (QED) is 0.781. The van der Waals surface area contributed by atoms with Gasteiger partial charge < -0.3 is 16.0 Å². The van der Waals surface area contributed by atoms with Gasteiger partial charge in [-0.25, -0.2) is 0 Å². The van der Waals surface area contributed by atoms with E-state index in [-0.39, 0.29) is 5.91 Å². The Bertz CT molecular complexity index is 493. The average Bonchev–Trinajstić information content (AvgIpc) is 2.49. The van der Waals surface area contributed by atoms with Gasteiger partial charge in [-0.05, 0) is 31.0 Å². The summed E-state index contributed by atoms with van der Waals surface area (Å²) in [6.45, 7) is 1.83. The number of carbonyl (C=O) groups is 1. The SMILES string of the molecule is O=C(NC1CCCCCCC1)c1ccc2c(c1)NCCN2. The number of fused-ring (bicyclic) bond motifs is 1. The Balaban J connectivity index is 1.64. The maximum Gasteiger partial charge on any atom is 0.251 e. The largest absolute Gasteiger partial charge is 0.382 e. The molecule has 1 heterocycles. The van der Waals surface area contributed by atoms with Crippen LogP contribution in [0.4, 0.5) is 11.4 Å². The standard InChI is InChI=1S/C17H25N3O/c21-17(20-14-6-4-2-1-3-5-7-14)13-8-9-15-16(12-13)19-11-10-18-15/h8-9,12,14,18-19H,1-7,10-11H2,(H,20,21). The summed E-state index contributed by atoms with van der Waals surface area (Å²) in [5, 5.41) is 9.89.